The predicted octanol–water partition coefficient (Wildman–Crippen LogP) is 3.22. The Morgan fingerprint density at radius 3 is 2.73 bits per heavy atom. The first-order valence-electron chi connectivity index (χ1n) is 4.48. The molecule has 0 amide bonds. The Morgan fingerprint density at radius 2 is 2.27 bits per heavy atom. The topological polar surface area (TPSA) is 20.3 Å². The molecule has 0 saturated heterocycles. The third-order valence-corrected chi connectivity index (χ3v) is 3.64. The minimum Gasteiger partial charge on any atom is -0.309 e. The van der Waals surface area contributed by atoms with E-state index < -0.39 is 0 Å². The molecular formula is C10H15Br2NOS. The van der Waals surface area contributed by atoms with Gasteiger partial charge in [-0.05, 0) is 38.5 Å². The van der Waals surface area contributed by atoms with Crippen LogP contribution in [0.5, 0.6) is 0 Å². The number of thiophene rings is 1. The van der Waals surface area contributed by atoms with E-state index in [0.717, 1.165) is 17.8 Å². The van der Waals surface area contributed by atoms with E-state index in [0.29, 0.717) is 0 Å². The highest BCUT2D eigenvalue weighted by Gasteiger charge is 2.17. The second-order valence-electron chi connectivity index (χ2n) is 3.40. The number of halogens is 2. The van der Waals surface area contributed by atoms with Gasteiger partial charge >= 0.3 is 0 Å². The highest BCUT2D eigenvalue weighted by Crippen LogP contribution is 2.17. The Morgan fingerprint density at radius 1 is 1.60 bits per heavy atom. The maximum atomic E-state index is 11.8. The van der Waals surface area contributed by atoms with Gasteiger partial charge in [0.25, 0.3) is 0 Å². The van der Waals surface area contributed by atoms with Crippen molar-refractivity contribution in [2.75, 3.05) is 20.6 Å². The van der Waals surface area contributed by atoms with Crippen LogP contribution >= 0.6 is 44.2 Å². The summed E-state index contributed by atoms with van der Waals surface area (Å²) in [6.45, 7) is 0.924. The van der Waals surface area contributed by atoms with Crippen molar-refractivity contribution in [2.24, 2.45) is 0 Å². The van der Waals surface area contributed by atoms with Crippen LogP contribution in [0.2, 0.25) is 0 Å². The fraction of sp³-hybridized carbons (Fsp3) is 0.500. The number of hydrogen-bond donors (Lipinski definition) is 0. The van der Waals surface area contributed by atoms with Crippen molar-refractivity contribution in [3.05, 3.63) is 22.4 Å². The van der Waals surface area contributed by atoms with Crippen LogP contribution in [0.4, 0.5) is 0 Å². The molecule has 0 fully saturated rings. The molecule has 1 rings (SSSR count). The molecule has 15 heavy (non-hydrogen) atoms. The summed E-state index contributed by atoms with van der Waals surface area (Å²) in [5.41, 5.74) is 0. The standard InChI is InChI=1S/C10H14BrNOS.BrH/c1-12(2)6-5-8(11)10(13)9-4-3-7-14-9;/h3-4,7-8H,5-6H2,1-2H3;1H. The molecule has 0 aliphatic rings. The van der Waals surface area contributed by atoms with Crippen LogP contribution in [-0.4, -0.2) is 36.2 Å². The fourth-order valence-electron chi connectivity index (χ4n) is 1.08. The van der Waals surface area contributed by atoms with Gasteiger partial charge < -0.3 is 4.90 Å². The van der Waals surface area contributed by atoms with E-state index in [-0.39, 0.29) is 27.6 Å². The van der Waals surface area contributed by atoms with E-state index >= 15 is 0 Å². The van der Waals surface area contributed by atoms with Crippen LogP contribution in [0.1, 0.15) is 16.1 Å². The molecule has 0 saturated carbocycles. The number of alkyl halides is 1. The lowest BCUT2D eigenvalue weighted by atomic mass is 10.2. The van der Waals surface area contributed by atoms with Crippen molar-refractivity contribution in [1.82, 2.24) is 4.90 Å². The Labute approximate surface area is 114 Å². The number of carbonyl (C=O) groups excluding carboxylic acids is 1. The van der Waals surface area contributed by atoms with Crippen molar-refractivity contribution in [3.8, 4) is 0 Å². The summed E-state index contributed by atoms with van der Waals surface area (Å²) in [6, 6.07) is 3.78. The van der Waals surface area contributed by atoms with E-state index in [4.69, 9.17) is 0 Å². The largest absolute Gasteiger partial charge is 0.309 e. The monoisotopic (exact) mass is 355 g/mol. The molecule has 0 aromatic carbocycles. The highest BCUT2D eigenvalue weighted by atomic mass is 79.9. The molecule has 5 heteroatoms. The number of Topliss-reactive ketones (excluding diaryl/α,β-unsaturated/α-hetero) is 1. The quantitative estimate of drug-likeness (QED) is 0.596. The van der Waals surface area contributed by atoms with Gasteiger partial charge in [0.1, 0.15) is 0 Å². The van der Waals surface area contributed by atoms with Crippen molar-refractivity contribution < 1.29 is 4.79 Å². The van der Waals surface area contributed by atoms with Crippen LogP contribution < -0.4 is 0 Å². The molecule has 0 bridgehead atoms. The summed E-state index contributed by atoms with van der Waals surface area (Å²) in [5.74, 6) is 0.196. The van der Waals surface area contributed by atoms with Crippen molar-refractivity contribution in [1.29, 1.82) is 0 Å². The molecule has 1 unspecified atom stereocenters. The van der Waals surface area contributed by atoms with Gasteiger partial charge in [-0.3, -0.25) is 4.79 Å². The maximum absolute atomic E-state index is 11.8. The summed E-state index contributed by atoms with van der Waals surface area (Å²) in [4.78, 5) is 14.6. The molecule has 1 aromatic heterocycles. The summed E-state index contributed by atoms with van der Waals surface area (Å²) in [7, 11) is 4.02. The molecule has 2 nitrogen and oxygen atoms in total. The second kappa shape index (κ2) is 7.54. The Balaban J connectivity index is 0.00000196. The summed E-state index contributed by atoms with van der Waals surface area (Å²) in [5, 5.41) is 1.93. The molecule has 1 heterocycles. The van der Waals surface area contributed by atoms with Gasteiger partial charge in [-0.1, -0.05) is 22.0 Å². The molecule has 0 N–H and O–H groups in total. The molecular weight excluding hydrogens is 342 g/mol. The second-order valence-corrected chi connectivity index (χ2v) is 5.45. The van der Waals surface area contributed by atoms with Gasteiger partial charge in [-0.25, -0.2) is 0 Å². The SMILES string of the molecule is Br.CN(C)CCC(Br)C(=O)c1cccs1. The van der Waals surface area contributed by atoms with Crippen LogP contribution in [0.25, 0.3) is 0 Å². The van der Waals surface area contributed by atoms with Gasteiger partial charge in [0, 0.05) is 0 Å². The van der Waals surface area contributed by atoms with E-state index in [2.05, 4.69) is 20.8 Å². The lowest BCUT2D eigenvalue weighted by Crippen LogP contribution is -2.21. The summed E-state index contributed by atoms with van der Waals surface area (Å²) >= 11 is 4.92. The third kappa shape index (κ3) is 5.24. The minimum absolute atomic E-state index is 0. The molecule has 0 spiro atoms. The van der Waals surface area contributed by atoms with Crippen LogP contribution in [0.3, 0.4) is 0 Å². The maximum Gasteiger partial charge on any atom is 0.186 e. The smallest absolute Gasteiger partial charge is 0.186 e. The zero-order chi connectivity index (χ0) is 10.6. The summed E-state index contributed by atoms with van der Waals surface area (Å²) in [6.07, 6.45) is 0.851. The summed E-state index contributed by atoms with van der Waals surface area (Å²) < 4.78 is 0. The number of rotatable bonds is 5. The molecule has 0 aliphatic carbocycles. The lowest BCUT2D eigenvalue weighted by molar-refractivity contribution is 0.0990. The Hall–Kier alpha value is 0.290. The molecule has 1 aromatic rings. The fourth-order valence-corrected chi connectivity index (χ4v) is 2.40. The van der Waals surface area contributed by atoms with E-state index in [1.165, 1.54) is 11.3 Å². The zero-order valence-corrected chi connectivity index (χ0v) is 12.9. The average Bonchev–Trinajstić information content (AvgIpc) is 2.65. The molecule has 0 radical (unpaired) electrons. The normalized spacial score (nSPS) is 12.3. The number of carbonyl (C=O) groups is 1. The Kier molecular flexibility index (Phi) is 7.69. The van der Waals surface area contributed by atoms with E-state index in [9.17, 15) is 4.79 Å². The average molecular weight is 357 g/mol. The van der Waals surface area contributed by atoms with Crippen LogP contribution in [0.15, 0.2) is 17.5 Å². The van der Waals surface area contributed by atoms with Gasteiger partial charge in [0.15, 0.2) is 5.78 Å². The third-order valence-electron chi connectivity index (χ3n) is 1.88. The van der Waals surface area contributed by atoms with E-state index in [1.807, 2.05) is 31.6 Å². The Bertz CT molecular complexity index is 288. The van der Waals surface area contributed by atoms with Gasteiger partial charge in [0.2, 0.25) is 0 Å². The van der Waals surface area contributed by atoms with Crippen LogP contribution in [-0.2, 0) is 0 Å². The minimum atomic E-state index is -0.0523. The highest BCUT2D eigenvalue weighted by molar-refractivity contribution is 9.10. The molecule has 1 atom stereocenters. The first-order valence-corrected chi connectivity index (χ1v) is 6.27. The van der Waals surface area contributed by atoms with E-state index in [1.54, 1.807) is 0 Å². The number of ketones is 1. The first kappa shape index (κ1) is 15.3. The number of nitrogens with zero attached hydrogens (tertiary/aromatic N) is 1. The first-order chi connectivity index (χ1) is 6.61. The van der Waals surface area contributed by atoms with Crippen LogP contribution in [0, 0.1) is 0 Å². The van der Waals surface area contributed by atoms with Crippen molar-refractivity contribution in [2.45, 2.75) is 11.2 Å². The van der Waals surface area contributed by atoms with Gasteiger partial charge in [-0.2, -0.15) is 0 Å². The zero-order valence-electron chi connectivity index (χ0n) is 8.77. The lowest BCUT2D eigenvalue weighted by Gasteiger charge is -2.12. The molecule has 0 aliphatic heterocycles. The van der Waals surface area contributed by atoms with Gasteiger partial charge in [-0.15, -0.1) is 28.3 Å². The van der Waals surface area contributed by atoms with Crippen molar-refractivity contribution >= 4 is 50.0 Å². The predicted molar refractivity (Wildman–Crippen MR) is 74.9 cm³/mol. The van der Waals surface area contributed by atoms with Gasteiger partial charge in [0.05, 0.1) is 9.70 Å². The van der Waals surface area contributed by atoms with Crippen molar-refractivity contribution in [3.63, 3.8) is 0 Å². The number of hydrogen-bond acceptors (Lipinski definition) is 3. The molecule has 86 valence electrons.